The number of carboxylic acid groups (broad SMARTS) is 1. The molecule has 0 bridgehead atoms. The van der Waals surface area contributed by atoms with E-state index in [4.69, 9.17) is 5.11 Å². The number of hydrogen-bond donors (Lipinski definition) is 2. The summed E-state index contributed by atoms with van der Waals surface area (Å²) in [7, 11) is 0. The first-order valence-electron chi connectivity index (χ1n) is 7.22. The molecule has 1 aromatic carbocycles. The normalized spacial score (nSPS) is 10.4. The third kappa shape index (κ3) is 4.04. The molecule has 0 atom stereocenters. The maximum Gasteiger partial charge on any atom is 0.308 e. The van der Waals surface area contributed by atoms with Crippen molar-refractivity contribution >= 4 is 28.3 Å². The molecule has 3 aromatic rings. The monoisotopic (exact) mass is 357 g/mol. The zero-order chi connectivity index (χ0) is 17.8. The molecule has 0 saturated heterocycles. The third-order valence-corrected chi connectivity index (χ3v) is 4.24. The van der Waals surface area contributed by atoms with Crippen LogP contribution in [0.15, 0.2) is 48.8 Å². The number of nitrogens with zero attached hydrogens (tertiary/aromatic N) is 2. The minimum atomic E-state index is -1.02. The van der Waals surface area contributed by atoms with Gasteiger partial charge in [0.05, 0.1) is 17.7 Å². The number of benzene rings is 1. The number of hydrogen-bond acceptors (Lipinski definition) is 5. The molecule has 1 amide bonds. The number of anilines is 1. The Hall–Kier alpha value is -3.13. The summed E-state index contributed by atoms with van der Waals surface area (Å²) in [6.07, 6.45) is 2.73. The predicted octanol–water partition coefficient (Wildman–Crippen LogP) is 3.22. The van der Waals surface area contributed by atoms with Crippen molar-refractivity contribution in [1.29, 1.82) is 0 Å². The molecule has 0 unspecified atom stereocenters. The summed E-state index contributed by atoms with van der Waals surface area (Å²) in [6, 6.07) is 8.82. The summed E-state index contributed by atoms with van der Waals surface area (Å²) < 4.78 is 13.1. The van der Waals surface area contributed by atoms with Gasteiger partial charge in [-0.1, -0.05) is 0 Å². The van der Waals surface area contributed by atoms with E-state index in [0.717, 1.165) is 11.3 Å². The van der Waals surface area contributed by atoms with Crippen LogP contribution in [0.3, 0.4) is 0 Å². The molecule has 6 nitrogen and oxygen atoms in total. The molecule has 0 aliphatic rings. The maximum absolute atomic E-state index is 13.1. The Morgan fingerprint density at radius 1 is 1.20 bits per heavy atom. The van der Waals surface area contributed by atoms with Crippen LogP contribution in [0.2, 0.25) is 0 Å². The lowest BCUT2D eigenvalue weighted by atomic mass is 10.1. The van der Waals surface area contributed by atoms with Crippen molar-refractivity contribution in [2.45, 2.75) is 6.42 Å². The molecule has 2 aromatic heterocycles. The fourth-order valence-electron chi connectivity index (χ4n) is 2.16. The summed E-state index contributed by atoms with van der Waals surface area (Å²) in [5, 5.41) is 12.0. The number of carbonyl (C=O) groups excluding carboxylic acids is 1. The third-order valence-electron chi connectivity index (χ3n) is 3.27. The number of halogens is 1. The second-order valence-corrected chi connectivity index (χ2v) is 6.15. The van der Waals surface area contributed by atoms with Gasteiger partial charge in [0.25, 0.3) is 5.91 Å². The van der Waals surface area contributed by atoms with Gasteiger partial charge in [0.2, 0.25) is 0 Å². The standard InChI is InChI=1S/C17H12FN3O3S/c18-12-5-3-10(4-6-12)15-13(8-14(22)23)25-17(20-15)21-16(24)11-2-1-7-19-9-11/h1-7,9H,8H2,(H,22,23)(H,20,21,24). The van der Waals surface area contributed by atoms with Crippen molar-refractivity contribution in [2.75, 3.05) is 5.32 Å². The van der Waals surface area contributed by atoms with Gasteiger partial charge in [0.1, 0.15) is 5.82 Å². The van der Waals surface area contributed by atoms with E-state index in [9.17, 15) is 14.0 Å². The number of thiazole rings is 1. The minimum Gasteiger partial charge on any atom is -0.481 e. The fourth-order valence-corrected chi connectivity index (χ4v) is 3.13. The van der Waals surface area contributed by atoms with Crippen LogP contribution in [-0.2, 0) is 11.2 Å². The van der Waals surface area contributed by atoms with Gasteiger partial charge in [0.15, 0.2) is 5.13 Å². The van der Waals surface area contributed by atoms with Gasteiger partial charge in [-0.25, -0.2) is 9.37 Å². The molecule has 25 heavy (non-hydrogen) atoms. The highest BCUT2D eigenvalue weighted by molar-refractivity contribution is 7.16. The first-order valence-corrected chi connectivity index (χ1v) is 8.03. The van der Waals surface area contributed by atoms with Crippen molar-refractivity contribution in [2.24, 2.45) is 0 Å². The Morgan fingerprint density at radius 3 is 2.60 bits per heavy atom. The molecule has 2 heterocycles. The summed E-state index contributed by atoms with van der Waals surface area (Å²) in [6.45, 7) is 0. The van der Waals surface area contributed by atoms with Gasteiger partial charge >= 0.3 is 5.97 Å². The number of amides is 1. The van der Waals surface area contributed by atoms with Crippen LogP contribution in [0, 0.1) is 5.82 Å². The van der Waals surface area contributed by atoms with Crippen LogP contribution >= 0.6 is 11.3 Å². The number of carbonyl (C=O) groups is 2. The Balaban J connectivity index is 1.91. The molecule has 2 N–H and O–H groups in total. The second-order valence-electron chi connectivity index (χ2n) is 5.06. The Labute approximate surface area is 146 Å². The average molecular weight is 357 g/mol. The van der Waals surface area contributed by atoms with Crippen molar-refractivity contribution in [3.63, 3.8) is 0 Å². The lowest BCUT2D eigenvalue weighted by Crippen LogP contribution is -2.11. The van der Waals surface area contributed by atoms with Crippen molar-refractivity contribution < 1.29 is 19.1 Å². The molecule has 126 valence electrons. The summed E-state index contributed by atoms with van der Waals surface area (Å²) >= 11 is 1.07. The van der Waals surface area contributed by atoms with Gasteiger partial charge in [-0.3, -0.25) is 19.9 Å². The first kappa shape index (κ1) is 16.7. The van der Waals surface area contributed by atoms with E-state index < -0.39 is 17.7 Å². The molecular formula is C17H12FN3O3S. The predicted molar refractivity (Wildman–Crippen MR) is 91.0 cm³/mol. The number of rotatable bonds is 5. The zero-order valence-corrected chi connectivity index (χ0v) is 13.6. The van der Waals surface area contributed by atoms with E-state index in [0.29, 0.717) is 21.7 Å². The Kier molecular flexibility index (Phi) is 4.80. The SMILES string of the molecule is O=C(O)Cc1sc(NC(=O)c2cccnc2)nc1-c1ccc(F)cc1. The number of pyridine rings is 1. The van der Waals surface area contributed by atoms with Gasteiger partial charge in [-0.05, 0) is 36.4 Å². The van der Waals surface area contributed by atoms with E-state index in [1.165, 1.54) is 30.5 Å². The molecular weight excluding hydrogens is 345 g/mol. The number of aromatic nitrogens is 2. The lowest BCUT2D eigenvalue weighted by Gasteiger charge is -2.00. The number of nitrogens with one attached hydrogen (secondary N) is 1. The van der Waals surface area contributed by atoms with E-state index in [1.54, 1.807) is 18.3 Å². The summed E-state index contributed by atoms with van der Waals surface area (Å²) in [5.74, 6) is -1.81. The molecule has 0 spiro atoms. The van der Waals surface area contributed by atoms with Gasteiger partial charge < -0.3 is 5.11 Å². The van der Waals surface area contributed by atoms with E-state index in [1.807, 2.05) is 0 Å². The minimum absolute atomic E-state index is 0.243. The fraction of sp³-hybridized carbons (Fsp3) is 0.0588. The summed E-state index contributed by atoms with van der Waals surface area (Å²) in [4.78, 5) is 31.9. The molecule has 3 rings (SSSR count). The van der Waals surface area contributed by atoms with Crippen molar-refractivity contribution in [3.8, 4) is 11.3 Å². The highest BCUT2D eigenvalue weighted by Gasteiger charge is 2.17. The topological polar surface area (TPSA) is 92.2 Å². The number of carboxylic acids is 1. The highest BCUT2D eigenvalue weighted by atomic mass is 32.1. The zero-order valence-electron chi connectivity index (χ0n) is 12.8. The van der Waals surface area contributed by atoms with Crippen molar-refractivity contribution in [1.82, 2.24) is 9.97 Å². The number of aliphatic carboxylic acids is 1. The highest BCUT2D eigenvalue weighted by Crippen LogP contribution is 2.32. The van der Waals surface area contributed by atoms with Gasteiger partial charge in [0, 0.05) is 22.8 Å². The lowest BCUT2D eigenvalue weighted by molar-refractivity contribution is -0.136. The van der Waals surface area contributed by atoms with Crippen LogP contribution in [0.4, 0.5) is 9.52 Å². The molecule has 8 heteroatoms. The van der Waals surface area contributed by atoms with Crippen LogP contribution in [0.5, 0.6) is 0 Å². The van der Waals surface area contributed by atoms with Crippen LogP contribution in [-0.4, -0.2) is 27.0 Å². The maximum atomic E-state index is 13.1. The average Bonchev–Trinajstić information content (AvgIpc) is 2.98. The van der Waals surface area contributed by atoms with Crippen molar-refractivity contribution in [3.05, 3.63) is 65.0 Å². The first-order chi connectivity index (χ1) is 12.0. The second kappa shape index (κ2) is 7.18. The van der Waals surface area contributed by atoms with E-state index >= 15 is 0 Å². The molecule has 0 saturated carbocycles. The van der Waals surface area contributed by atoms with Gasteiger partial charge in [-0.2, -0.15) is 0 Å². The Bertz CT molecular complexity index is 911. The quantitative estimate of drug-likeness (QED) is 0.731. The summed E-state index contributed by atoms with van der Waals surface area (Å²) in [5.41, 5.74) is 1.35. The smallest absolute Gasteiger partial charge is 0.308 e. The van der Waals surface area contributed by atoms with Crippen LogP contribution in [0.25, 0.3) is 11.3 Å². The molecule has 0 fully saturated rings. The van der Waals surface area contributed by atoms with Crippen LogP contribution < -0.4 is 5.32 Å². The van der Waals surface area contributed by atoms with Gasteiger partial charge in [-0.15, -0.1) is 11.3 Å². The van der Waals surface area contributed by atoms with E-state index in [-0.39, 0.29) is 11.6 Å². The Morgan fingerprint density at radius 2 is 1.96 bits per heavy atom. The molecule has 0 aliphatic carbocycles. The molecule has 0 aliphatic heterocycles. The largest absolute Gasteiger partial charge is 0.481 e. The van der Waals surface area contributed by atoms with E-state index in [2.05, 4.69) is 15.3 Å². The molecule has 0 radical (unpaired) electrons. The van der Waals surface area contributed by atoms with Crippen LogP contribution in [0.1, 0.15) is 15.2 Å².